The number of rotatable bonds is 4. The third-order valence-corrected chi connectivity index (χ3v) is 5.68. The zero-order valence-corrected chi connectivity index (χ0v) is 17.3. The van der Waals surface area contributed by atoms with E-state index in [2.05, 4.69) is 4.98 Å². The number of pyridine rings is 1. The third-order valence-electron chi connectivity index (χ3n) is 5.68. The molecule has 1 aromatic heterocycles. The Bertz CT molecular complexity index is 1230. The van der Waals surface area contributed by atoms with Gasteiger partial charge in [-0.2, -0.15) is 0 Å². The summed E-state index contributed by atoms with van der Waals surface area (Å²) < 4.78 is 10.8. The highest BCUT2D eigenvalue weighted by molar-refractivity contribution is 6.51. The lowest BCUT2D eigenvalue weighted by Crippen LogP contribution is -2.29. The number of aliphatic hydroxyl groups is 1. The zero-order valence-electron chi connectivity index (χ0n) is 17.3. The molecule has 1 amide bonds. The van der Waals surface area contributed by atoms with Crippen LogP contribution in [0.2, 0.25) is 0 Å². The molecular weight excluding hydrogens is 408 g/mol. The maximum absolute atomic E-state index is 13.2. The molecule has 1 N–H and O–H groups in total. The maximum atomic E-state index is 13.2. The summed E-state index contributed by atoms with van der Waals surface area (Å²) in [5.41, 5.74) is 2.48. The van der Waals surface area contributed by atoms with Crippen LogP contribution in [0.25, 0.3) is 5.76 Å². The Kier molecular flexibility index (Phi) is 4.86. The van der Waals surface area contributed by atoms with E-state index in [0.29, 0.717) is 28.4 Å². The highest BCUT2D eigenvalue weighted by Crippen LogP contribution is 2.44. The van der Waals surface area contributed by atoms with Gasteiger partial charge in [0.25, 0.3) is 11.7 Å². The lowest BCUT2D eigenvalue weighted by molar-refractivity contribution is -0.132. The van der Waals surface area contributed by atoms with Gasteiger partial charge in [-0.1, -0.05) is 37.3 Å². The van der Waals surface area contributed by atoms with E-state index < -0.39 is 17.7 Å². The van der Waals surface area contributed by atoms with Gasteiger partial charge in [0.15, 0.2) is 11.5 Å². The van der Waals surface area contributed by atoms with Gasteiger partial charge in [-0.3, -0.25) is 19.5 Å². The predicted molar refractivity (Wildman–Crippen MR) is 117 cm³/mol. The van der Waals surface area contributed by atoms with Gasteiger partial charge in [0.2, 0.25) is 6.79 Å². The molecule has 2 aliphatic rings. The minimum absolute atomic E-state index is 0.00406. The number of Topliss-reactive ketones (excluding diaryl/α,β-unsaturated/α-hetero) is 1. The zero-order chi connectivity index (χ0) is 22.2. The summed E-state index contributed by atoms with van der Waals surface area (Å²) in [5, 5.41) is 11.1. The Morgan fingerprint density at radius 2 is 1.84 bits per heavy atom. The van der Waals surface area contributed by atoms with E-state index in [1.165, 1.54) is 4.90 Å². The molecule has 3 heterocycles. The van der Waals surface area contributed by atoms with E-state index in [1.807, 2.05) is 19.1 Å². The van der Waals surface area contributed by atoms with Crippen LogP contribution in [0.3, 0.4) is 0 Å². The number of aliphatic hydroxyl groups excluding tert-OH is 1. The quantitative estimate of drug-likeness (QED) is 0.384. The average Bonchev–Trinajstić information content (AvgIpc) is 3.41. The van der Waals surface area contributed by atoms with Crippen LogP contribution in [-0.2, 0) is 16.0 Å². The smallest absolute Gasteiger partial charge is 0.300 e. The van der Waals surface area contributed by atoms with Crippen LogP contribution in [0.15, 0.2) is 72.4 Å². The molecule has 0 spiro atoms. The first-order chi connectivity index (χ1) is 15.6. The first-order valence-corrected chi connectivity index (χ1v) is 10.3. The van der Waals surface area contributed by atoms with E-state index in [-0.39, 0.29) is 18.1 Å². The van der Waals surface area contributed by atoms with Crippen LogP contribution >= 0.6 is 0 Å². The fourth-order valence-corrected chi connectivity index (χ4v) is 4.01. The molecule has 3 aromatic rings. The predicted octanol–water partition coefficient (Wildman–Crippen LogP) is 4.00. The molecule has 7 heteroatoms. The molecule has 5 rings (SSSR count). The highest BCUT2D eigenvalue weighted by Gasteiger charge is 2.47. The van der Waals surface area contributed by atoms with Crippen molar-refractivity contribution in [2.24, 2.45) is 0 Å². The fraction of sp³-hybridized carbons (Fsp3) is 0.160. The Labute approximate surface area is 184 Å². The van der Waals surface area contributed by atoms with Gasteiger partial charge >= 0.3 is 0 Å². The molecule has 1 unspecified atom stereocenters. The maximum Gasteiger partial charge on any atom is 0.300 e. The highest BCUT2D eigenvalue weighted by atomic mass is 16.7. The normalized spacial score (nSPS) is 18.9. The number of benzene rings is 2. The summed E-state index contributed by atoms with van der Waals surface area (Å²) in [7, 11) is 0. The molecule has 1 atom stereocenters. The molecule has 0 aliphatic carbocycles. The first-order valence-electron chi connectivity index (χ1n) is 10.3. The Morgan fingerprint density at radius 1 is 1.06 bits per heavy atom. The second kappa shape index (κ2) is 7.85. The lowest BCUT2D eigenvalue weighted by atomic mass is 9.97. The lowest BCUT2D eigenvalue weighted by Gasteiger charge is -2.24. The van der Waals surface area contributed by atoms with Gasteiger partial charge in [0, 0.05) is 23.5 Å². The molecule has 160 valence electrons. The summed E-state index contributed by atoms with van der Waals surface area (Å²) >= 11 is 0. The second-order valence-electron chi connectivity index (χ2n) is 7.51. The summed E-state index contributed by atoms with van der Waals surface area (Å²) in [6.07, 6.45) is 2.44. The van der Waals surface area contributed by atoms with Gasteiger partial charge < -0.3 is 14.6 Å². The molecular formula is C25H20N2O5. The monoisotopic (exact) mass is 428 g/mol. The molecule has 32 heavy (non-hydrogen) atoms. The van der Waals surface area contributed by atoms with E-state index in [1.54, 1.807) is 54.7 Å². The number of anilines is 1. The van der Waals surface area contributed by atoms with Crippen molar-refractivity contribution < 1.29 is 24.2 Å². The molecule has 0 bridgehead atoms. The standard InChI is InChI=1S/C25H20N2O5/c1-2-15-6-8-16(9-7-15)23(28)21-22(18-5-3-4-12-26-18)27(25(30)24(21)29)17-10-11-19-20(13-17)32-14-31-19/h3-13,22,28H,2,14H2,1H3/b23-21+. The van der Waals surface area contributed by atoms with Gasteiger partial charge in [0.1, 0.15) is 11.8 Å². The molecule has 7 nitrogen and oxygen atoms in total. The molecule has 0 saturated carbocycles. The van der Waals surface area contributed by atoms with E-state index in [4.69, 9.17) is 9.47 Å². The molecule has 2 aromatic carbocycles. The molecule has 0 radical (unpaired) electrons. The number of carbonyl (C=O) groups excluding carboxylic acids is 2. The summed E-state index contributed by atoms with van der Waals surface area (Å²) in [6, 6.07) is 16.7. The SMILES string of the molecule is CCc1ccc(/C(O)=C2\C(=O)C(=O)N(c3ccc4c(c3)OCO4)C2c2ccccn2)cc1. The van der Waals surface area contributed by atoms with Crippen molar-refractivity contribution in [3.63, 3.8) is 0 Å². The van der Waals surface area contributed by atoms with Crippen LogP contribution in [0, 0.1) is 0 Å². The summed E-state index contributed by atoms with van der Waals surface area (Å²) in [5.74, 6) is -0.693. The number of hydrogen-bond acceptors (Lipinski definition) is 6. The van der Waals surface area contributed by atoms with Crippen LogP contribution < -0.4 is 14.4 Å². The summed E-state index contributed by atoms with van der Waals surface area (Å²) in [6.45, 7) is 2.13. The second-order valence-corrected chi connectivity index (χ2v) is 7.51. The van der Waals surface area contributed by atoms with Gasteiger partial charge in [-0.05, 0) is 36.2 Å². The van der Waals surface area contributed by atoms with Crippen molar-refractivity contribution in [1.29, 1.82) is 0 Å². The molecule has 2 aliphatic heterocycles. The van der Waals surface area contributed by atoms with Crippen molar-refractivity contribution in [2.75, 3.05) is 11.7 Å². The Balaban J connectivity index is 1.67. The van der Waals surface area contributed by atoms with Crippen LogP contribution in [0.1, 0.15) is 29.8 Å². The summed E-state index contributed by atoms with van der Waals surface area (Å²) in [4.78, 5) is 32.0. The van der Waals surface area contributed by atoms with Crippen LogP contribution in [0.5, 0.6) is 11.5 Å². The largest absolute Gasteiger partial charge is 0.507 e. The first kappa shape index (κ1) is 19.8. The van der Waals surface area contributed by atoms with Crippen molar-refractivity contribution in [3.8, 4) is 11.5 Å². The number of amides is 1. The number of ketones is 1. The number of aryl methyl sites for hydroxylation is 1. The average molecular weight is 428 g/mol. The van der Waals surface area contributed by atoms with Gasteiger partial charge in [0.05, 0.1) is 11.3 Å². The van der Waals surface area contributed by atoms with Crippen LogP contribution in [0.4, 0.5) is 5.69 Å². The topological polar surface area (TPSA) is 89.0 Å². The van der Waals surface area contributed by atoms with Gasteiger partial charge in [-0.25, -0.2) is 0 Å². The fourth-order valence-electron chi connectivity index (χ4n) is 4.01. The van der Waals surface area contributed by atoms with Crippen molar-refractivity contribution in [1.82, 2.24) is 4.98 Å². The van der Waals surface area contributed by atoms with Gasteiger partial charge in [-0.15, -0.1) is 0 Å². The number of ether oxygens (including phenoxy) is 2. The van der Waals surface area contributed by atoms with E-state index in [9.17, 15) is 14.7 Å². The Hall–Kier alpha value is -4.13. The minimum Gasteiger partial charge on any atom is -0.507 e. The van der Waals surface area contributed by atoms with Crippen molar-refractivity contribution >= 4 is 23.1 Å². The van der Waals surface area contributed by atoms with E-state index >= 15 is 0 Å². The number of carbonyl (C=O) groups is 2. The molecule has 1 fully saturated rings. The number of hydrogen-bond donors (Lipinski definition) is 1. The number of aromatic nitrogens is 1. The number of nitrogens with zero attached hydrogens (tertiary/aromatic N) is 2. The van der Waals surface area contributed by atoms with Crippen molar-refractivity contribution in [2.45, 2.75) is 19.4 Å². The molecule has 1 saturated heterocycles. The number of fused-ring (bicyclic) bond motifs is 1. The van der Waals surface area contributed by atoms with Crippen LogP contribution in [-0.4, -0.2) is 28.6 Å². The van der Waals surface area contributed by atoms with Crippen molar-refractivity contribution in [3.05, 3.63) is 89.3 Å². The van der Waals surface area contributed by atoms with E-state index in [0.717, 1.165) is 12.0 Å². The third kappa shape index (κ3) is 3.19. The Morgan fingerprint density at radius 3 is 2.56 bits per heavy atom. The minimum atomic E-state index is -0.887.